The van der Waals surface area contributed by atoms with E-state index in [4.69, 9.17) is 16.3 Å². The van der Waals surface area contributed by atoms with Gasteiger partial charge in [-0.1, -0.05) is 65.8 Å². The van der Waals surface area contributed by atoms with E-state index in [0.717, 1.165) is 30.9 Å². The molecule has 1 aromatic heterocycles. The quantitative estimate of drug-likeness (QED) is 0.303. The fourth-order valence-electron chi connectivity index (χ4n) is 3.37. The fraction of sp³-hybridized carbons (Fsp3) is 0.292. The molecule has 6 nitrogen and oxygen atoms in total. The van der Waals surface area contributed by atoms with Gasteiger partial charge in [0.15, 0.2) is 5.16 Å². The first-order chi connectivity index (χ1) is 15.7. The number of amides is 1. The number of nitrogens with zero attached hydrogens (tertiary/aromatic N) is 3. The van der Waals surface area contributed by atoms with Crippen LogP contribution >= 0.6 is 23.4 Å². The Kier molecular flexibility index (Phi) is 7.98. The lowest BCUT2D eigenvalue weighted by atomic mass is 10.1. The Balaban J connectivity index is 1.29. The minimum absolute atomic E-state index is 0.0616. The highest BCUT2D eigenvalue weighted by atomic mass is 35.5. The van der Waals surface area contributed by atoms with E-state index in [-0.39, 0.29) is 5.91 Å². The number of carbonyl (C=O) groups is 1. The van der Waals surface area contributed by atoms with E-state index < -0.39 is 0 Å². The molecule has 166 valence electrons. The number of aromatic nitrogens is 2. The number of anilines is 1. The van der Waals surface area contributed by atoms with Crippen molar-refractivity contribution in [3.63, 3.8) is 0 Å². The zero-order valence-corrected chi connectivity index (χ0v) is 19.2. The van der Waals surface area contributed by atoms with Gasteiger partial charge in [-0.15, -0.1) is 0 Å². The SMILES string of the molecule is O=C(NCCc1ccccc1)c1ccc(CSc2nc(Cl)cc(N3CCOCC3)n2)cc1. The van der Waals surface area contributed by atoms with Crippen molar-refractivity contribution in [2.75, 3.05) is 37.7 Å². The summed E-state index contributed by atoms with van der Waals surface area (Å²) in [6.07, 6.45) is 0.813. The number of hydrogen-bond acceptors (Lipinski definition) is 6. The molecule has 1 saturated heterocycles. The molecule has 2 heterocycles. The molecule has 0 radical (unpaired) electrons. The molecule has 0 saturated carbocycles. The molecular formula is C24H25ClN4O2S. The largest absolute Gasteiger partial charge is 0.378 e. The highest BCUT2D eigenvalue weighted by Crippen LogP contribution is 2.25. The van der Waals surface area contributed by atoms with Crippen LogP contribution in [0.5, 0.6) is 0 Å². The maximum atomic E-state index is 12.4. The summed E-state index contributed by atoms with van der Waals surface area (Å²) in [7, 11) is 0. The number of carbonyl (C=O) groups excluding carboxylic acids is 1. The molecule has 1 N–H and O–H groups in total. The molecule has 32 heavy (non-hydrogen) atoms. The van der Waals surface area contributed by atoms with Gasteiger partial charge in [0.25, 0.3) is 5.91 Å². The molecule has 0 spiro atoms. The molecule has 1 amide bonds. The monoisotopic (exact) mass is 468 g/mol. The summed E-state index contributed by atoms with van der Waals surface area (Å²) < 4.78 is 5.40. The number of halogens is 1. The van der Waals surface area contributed by atoms with E-state index >= 15 is 0 Å². The highest BCUT2D eigenvalue weighted by Gasteiger charge is 2.15. The van der Waals surface area contributed by atoms with E-state index in [2.05, 4.69) is 32.3 Å². The lowest BCUT2D eigenvalue weighted by Gasteiger charge is -2.27. The number of hydrogen-bond donors (Lipinski definition) is 1. The van der Waals surface area contributed by atoms with Crippen molar-refractivity contribution in [2.45, 2.75) is 17.3 Å². The van der Waals surface area contributed by atoms with E-state index in [9.17, 15) is 4.79 Å². The van der Waals surface area contributed by atoms with Gasteiger partial charge in [0.1, 0.15) is 11.0 Å². The zero-order valence-electron chi connectivity index (χ0n) is 17.7. The van der Waals surface area contributed by atoms with Crippen LogP contribution in [0.25, 0.3) is 0 Å². The summed E-state index contributed by atoms with van der Waals surface area (Å²) in [5, 5.41) is 4.05. The molecule has 3 aromatic rings. The second-order valence-electron chi connectivity index (χ2n) is 7.41. The van der Waals surface area contributed by atoms with Crippen LogP contribution in [0.3, 0.4) is 0 Å². The lowest BCUT2D eigenvalue weighted by Crippen LogP contribution is -2.36. The number of morpholine rings is 1. The Morgan fingerprint density at radius 3 is 2.53 bits per heavy atom. The summed E-state index contributed by atoms with van der Waals surface area (Å²) >= 11 is 7.75. The van der Waals surface area contributed by atoms with Crippen molar-refractivity contribution in [3.05, 3.63) is 82.5 Å². The van der Waals surface area contributed by atoms with Crippen LogP contribution in [-0.2, 0) is 16.9 Å². The minimum Gasteiger partial charge on any atom is -0.378 e. The van der Waals surface area contributed by atoms with Crippen LogP contribution in [-0.4, -0.2) is 48.7 Å². The zero-order chi connectivity index (χ0) is 22.2. The van der Waals surface area contributed by atoms with E-state index in [1.54, 1.807) is 6.07 Å². The van der Waals surface area contributed by atoms with Crippen molar-refractivity contribution >= 4 is 35.1 Å². The smallest absolute Gasteiger partial charge is 0.251 e. The summed E-state index contributed by atoms with van der Waals surface area (Å²) in [5.41, 5.74) is 2.95. The molecule has 2 aromatic carbocycles. The number of ether oxygens (including phenoxy) is 1. The van der Waals surface area contributed by atoms with Crippen LogP contribution < -0.4 is 10.2 Å². The molecule has 0 aliphatic carbocycles. The van der Waals surface area contributed by atoms with Crippen LogP contribution in [0.15, 0.2) is 65.8 Å². The predicted molar refractivity (Wildman–Crippen MR) is 129 cm³/mol. The molecule has 4 rings (SSSR count). The highest BCUT2D eigenvalue weighted by molar-refractivity contribution is 7.98. The maximum absolute atomic E-state index is 12.4. The van der Waals surface area contributed by atoms with Crippen molar-refractivity contribution in [1.29, 1.82) is 0 Å². The van der Waals surface area contributed by atoms with Crippen molar-refractivity contribution in [2.24, 2.45) is 0 Å². The predicted octanol–water partition coefficient (Wildman–Crippen LogP) is 4.23. The van der Waals surface area contributed by atoms with Gasteiger partial charge in [-0.25, -0.2) is 9.97 Å². The Hall–Kier alpha value is -2.61. The molecule has 1 fully saturated rings. The second kappa shape index (κ2) is 11.3. The van der Waals surface area contributed by atoms with E-state index in [1.165, 1.54) is 17.3 Å². The molecule has 8 heteroatoms. The third kappa shape index (κ3) is 6.45. The van der Waals surface area contributed by atoms with Gasteiger partial charge >= 0.3 is 0 Å². The van der Waals surface area contributed by atoms with Crippen LogP contribution in [0.4, 0.5) is 5.82 Å². The van der Waals surface area contributed by atoms with E-state index in [1.807, 2.05) is 42.5 Å². The molecule has 0 atom stereocenters. The normalized spacial score (nSPS) is 13.7. The molecular weight excluding hydrogens is 444 g/mol. The van der Waals surface area contributed by atoms with Crippen molar-refractivity contribution in [3.8, 4) is 0 Å². The average Bonchev–Trinajstić information content (AvgIpc) is 2.84. The summed E-state index contributed by atoms with van der Waals surface area (Å²) in [5.74, 6) is 1.46. The topological polar surface area (TPSA) is 67.4 Å². The van der Waals surface area contributed by atoms with Crippen LogP contribution in [0.2, 0.25) is 5.15 Å². The number of thioether (sulfide) groups is 1. The van der Waals surface area contributed by atoms with E-state index in [0.29, 0.717) is 41.4 Å². The van der Waals surface area contributed by atoms with Gasteiger partial charge in [-0.3, -0.25) is 4.79 Å². The summed E-state index contributed by atoms with van der Waals surface area (Å²) in [6, 6.07) is 19.6. The second-order valence-corrected chi connectivity index (χ2v) is 8.74. The minimum atomic E-state index is -0.0616. The van der Waals surface area contributed by atoms with Gasteiger partial charge in [-0.2, -0.15) is 0 Å². The molecule has 0 unspecified atom stereocenters. The van der Waals surface area contributed by atoms with Crippen molar-refractivity contribution in [1.82, 2.24) is 15.3 Å². The summed E-state index contributed by atoms with van der Waals surface area (Å²) in [4.78, 5) is 23.5. The van der Waals surface area contributed by atoms with Crippen LogP contribution in [0.1, 0.15) is 21.5 Å². The summed E-state index contributed by atoms with van der Waals surface area (Å²) in [6.45, 7) is 3.59. The fourth-order valence-corrected chi connectivity index (χ4v) is 4.41. The number of nitrogens with one attached hydrogen (secondary N) is 1. The molecule has 1 aliphatic rings. The van der Waals surface area contributed by atoms with Gasteiger partial charge in [-0.05, 0) is 29.7 Å². The third-order valence-corrected chi connectivity index (χ3v) is 6.23. The van der Waals surface area contributed by atoms with Gasteiger partial charge in [0.2, 0.25) is 0 Å². The average molecular weight is 469 g/mol. The Bertz CT molecular complexity index is 1030. The Morgan fingerprint density at radius 2 is 1.78 bits per heavy atom. The van der Waals surface area contributed by atoms with Gasteiger partial charge in [0.05, 0.1) is 13.2 Å². The Labute approximate surface area is 197 Å². The first kappa shape index (κ1) is 22.6. The molecule has 1 aliphatic heterocycles. The third-order valence-electron chi connectivity index (χ3n) is 5.12. The van der Waals surface area contributed by atoms with Gasteiger partial charge in [0, 0.05) is 37.0 Å². The van der Waals surface area contributed by atoms with Gasteiger partial charge < -0.3 is 15.0 Å². The van der Waals surface area contributed by atoms with Crippen molar-refractivity contribution < 1.29 is 9.53 Å². The Morgan fingerprint density at radius 1 is 1.03 bits per heavy atom. The maximum Gasteiger partial charge on any atom is 0.251 e. The first-order valence-corrected chi connectivity index (χ1v) is 11.9. The number of benzene rings is 2. The standard InChI is InChI=1S/C24H25ClN4O2S/c25-21-16-22(29-12-14-31-15-13-29)28-24(27-21)32-17-19-6-8-20(9-7-19)23(30)26-11-10-18-4-2-1-3-5-18/h1-9,16H,10-15,17H2,(H,26,30). The number of rotatable bonds is 8. The lowest BCUT2D eigenvalue weighted by molar-refractivity contribution is 0.0954. The first-order valence-electron chi connectivity index (χ1n) is 10.6. The molecule has 0 bridgehead atoms. The van der Waals surface area contributed by atoms with Crippen LogP contribution in [0, 0.1) is 0 Å².